The predicted molar refractivity (Wildman–Crippen MR) is 207 cm³/mol. The van der Waals surface area contributed by atoms with E-state index in [2.05, 4.69) is 205 Å². The SMILES string of the molecule is C(=C\[Si](c1ccccc1)(c1ccccc1)c1ccccc1)/c1ccc2c(c1)sc1cc(N(c3ccccc3)c3ccccc3)ccc12. The molecule has 0 saturated heterocycles. The van der Waals surface area contributed by atoms with Crippen LogP contribution < -0.4 is 20.5 Å². The molecule has 0 radical (unpaired) electrons. The van der Waals surface area contributed by atoms with Crippen molar-refractivity contribution in [2.45, 2.75) is 0 Å². The lowest BCUT2D eigenvalue weighted by Gasteiger charge is -2.30. The molecule has 0 amide bonds. The van der Waals surface area contributed by atoms with Crippen LogP contribution in [0.5, 0.6) is 0 Å². The second-order valence-corrected chi connectivity index (χ2v) is 16.5. The summed E-state index contributed by atoms with van der Waals surface area (Å²) in [6.45, 7) is 0. The van der Waals surface area contributed by atoms with Crippen molar-refractivity contribution in [1.29, 1.82) is 0 Å². The van der Waals surface area contributed by atoms with Crippen LogP contribution in [0.15, 0.2) is 194 Å². The molecule has 0 atom stereocenters. The standard InChI is InChI=1S/C44H33NSSi/c1-6-16-35(17-7-1)45(36-18-8-2-9-19-36)37-27-29-42-41-28-26-34(32-43(41)46-44(42)33-37)30-31-47(38-20-10-3-11-21-38,39-22-12-4-13-23-39)40-24-14-5-15-25-40/h1-33H/b31-30+. The Balaban J connectivity index is 1.23. The highest BCUT2D eigenvalue weighted by atomic mass is 32.1. The Kier molecular flexibility index (Phi) is 7.84. The van der Waals surface area contributed by atoms with Gasteiger partial charge in [0.15, 0.2) is 8.07 Å². The number of fused-ring (bicyclic) bond motifs is 3. The second-order valence-electron chi connectivity index (χ2n) is 11.8. The quantitative estimate of drug-likeness (QED) is 0.119. The first-order valence-corrected chi connectivity index (χ1v) is 18.9. The first kappa shape index (κ1) is 29.0. The summed E-state index contributed by atoms with van der Waals surface area (Å²) in [5.41, 5.74) is 7.20. The molecule has 3 heteroatoms. The lowest BCUT2D eigenvalue weighted by Crippen LogP contribution is -2.66. The Labute approximate surface area is 281 Å². The van der Waals surface area contributed by atoms with Crippen molar-refractivity contribution in [3.63, 3.8) is 0 Å². The lowest BCUT2D eigenvalue weighted by atomic mass is 10.1. The van der Waals surface area contributed by atoms with E-state index in [0.29, 0.717) is 0 Å². The van der Waals surface area contributed by atoms with Gasteiger partial charge in [-0.2, -0.15) is 0 Å². The van der Waals surface area contributed by atoms with Gasteiger partial charge >= 0.3 is 0 Å². The van der Waals surface area contributed by atoms with Gasteiger partial charge in [0.25, 0.3) is 0 Å². The zero-order valence-corrected chi connectivity index (χ0v) is 27.7. The van der Waals surface area contributed by atoms with Crippen molar-refractivity contribution in [3.8, 4) is 0 Å². The summed E-state index contributed by atoms with van der Waals surface area (Å²) < 4.78 is 2.59. The number of anilines is 3. The van der Waals surface area contributed by atoms with Crippen LogP contribution >= 0.6 is 11.3 Å². The number of thiophene rings is 1. The molecule has 0 aliphatic rings. The molecule has 224 valence electrons. The van der Waals surface area contributed by atoms with E-state index >= 15 is 0 Å². The monoisotopic (exact) mass is 635 g/mol. The molecule has 0 aliphatic heterocycles. The minimum atomic E-state index is -2.47. The van der Waals surface area contributed by atoms with Crippen molar-refractivity contribution >= 4 is 78.3 Å². The van der Waals surface area contributed by atoms with E-state index in [-0.39, 0.29) is 0 Å². The first-order chi connectivity index (χ1) is 23.3. The van der Waals surface area contributed by atoms with E-state index in [4.69, 9.17) is 0 Å². The van der Waals surface area contributed by atoms with Gasteiger partial charge in [-0.1, -0.05) is 157 Å². The zero-order chi connectivity index (χ0) is 31.5. The largest absolute Gasteiger partial charge is 0.310 e. The average molecular weight is 636 g/mol. The Hall–Kier alpha value is -5.48. The Morgan fingerprint density at radius 1 is 0.404 bits per heavy atom. The average Bonchev–Trinajstić information content (AvgIpc) is 3.51. The third-order valence-corrected chi connectivity index (χ3v) is 14.5. The number of rotatable bonds is 8. The molecular weight excluding hydrogens is 603 g/mol. The van der Waals surface area contributed by atoms with Crippen LogP contribution in [0, 0.1) is 0 Å². The highest BCUT2D eigenvalue weighted by Crippen LogP contribution is 2.40. The molecule has 0 bridgehead atoms. The van der Waals surface area contributed by atoms with Crippen molar-refractivity contribution in [3.05, 3.63) is 199 Å². The van der Waals surface area contributed by atoms with Crippen LogP contribution in [0.2, 0.25) is 0 Å². The maximum Gasteiger partial charge on any atom is 0.172 e. The molecule has 0 spiro atoms. The molecule has 1 nitrogen and oxygen atoms in total. The maximum absolute atomic E-state index is 2.52. The van der Waals surface area contributed by atoms with Gasteiger partial charge in [-0.3, -0.25) is 0 Å². The van der Waals surface area contributed by atoms with Crippen molar-refractivity contribution < 1.29 is 0 Å². The fourth-order valence-electron chi connectivity index (χ4n) is 6.74. The van der Waals surface area contributed by atoms with Gasteiger partial charge in [-0.05, 0) is 63.6 Å². The molecule has 8 rings (SSSR count). The minimum absolute atomic E-state index is 1.15. The van der Waals surface area contributed by atoms with Gasteiger partial charge in [-0.15, -0.1) is 11.3 Å². The fraction of sp³-hybridized carbons (Fsp3) is 0. The Morgan fingerprint density at radius 2 is 0.830 bits per heavy atom. The van der Waals surface area contributed by atoms with Crippen LogP contribution in [-0.2, 0) is 0 Å². The van der Waals surface area contributed by atoms with Crippen LogP contribution in [0.1, 0.15) is 5.56 Å². The molecule has 7 aromatic carbocycles. The van der Waals surface area contributed by atoms with Crippen LogP contribution in [0.25, 0.3) is 26.2 Å². The number of para-hydroxylation sites is 2. The molecule has 47 heavy (non-hydrogen) atoms. The molecule has 8 aromatic rings. The maximum atomic E-state index is 2.52. The van der Waals surface area contributed by atoms with E-state index in [0.717, 1.165) is 17.1 Å². The van der Waals surface area contributed by atoms with Crippen LogP contribution in [-0.4, -0.2) is 8.07 Å². The summed E-state index contributed by atoms with van der Waals surface area (Å²) in [5.74, 6) is 0. The summed E-state index contributed by atoms with van der Waals surface area (Å²) >= 11 is 1.87. The molecule has 1 heterocycles. The van der Waals surface area contributed by atoms with Crippen LogP contribution in [0.3, 0.4) is 0 Å². The molecule has 0 fully saturated rings. The van der Waals surface area contributed by atoms with Gasteiger partial charge in [0.2, 0.25) is 0 Å². The fourth-order valence-corrected chi connectivity index (χ4v) is 12.1. The molecule has 0 unspecified atom stereocenters. The van der Waals surface area contributed by atoms with Gasteiger partial charge in [0.1, 0.15) is 0 Å². The van der Waals surface area contributed by atoms with E-state index in [1.807, 2.05) is 11.3 Å². The molecule has 1 aromatic heterocycles. The summed E-state index contributed by atoms with van der Waals surface area (Å²) in [4.78, 5) is 2.33. The Morgan fingerprint density at radius 3 is 1.32 bits per heavy atom. The number of hydrogen-bond donors (Lipinski definition) is 0. The van der Waals surface area contributed by atoms with E-state index in [1.54, 1.807) is 0 Å². The molecule has 0 N–H and O–H groups in total. The normalized spacial score (nSPS) is 11.7. The van der Waals surface area contributed by atoms with Gasteiger partial charge in [-0.25, -0.2) is 0 Å². The third kappa shape index (κ3) is 5.50. The topological polar surface area (TPSA) is 3.24 Å². The first-order valence-electron chi connectivity index (χ1n) is 16.0. The van der Waals surface area contributed by atoms with Crippen molar-refractivity contribution in [2.75, 3.05) is 4.90 Å². The van der Waals surface area contributed by atoms with Crippen molar-refractivity contribution in [2.24, 2.45) is 0 Å². The summed E-state index contributed by atoms with van der Waals surface area (Å²) in [5, 5.41) is 6.74. The number of hydrogen-bond acceptors (Lipinski definition) is 2. The summed E-state index contributed by atoms with van der Waals surface area (Å²) in [6.07, 6.45) is 2.36. The van der Waals surface area contributed by atoms with E-state index in [1.165, 1.54) is 41.3 Å². The highest BCUT2D eigenvalue weighted by molar-refractivity contribution is 7.25. The van der Waals surface area contributed by atoms with Gasteiger partial charge < -0.3 is 4.90 Å². The summed E-state index contributed by atoms with van der Waals surface area (Å²) in [6, 6.07) is 68.2. The zero-order valence-electron chi connectivity index (χ0n) is 25.9. The Bertz CT molecular complexity index is 2140. The molecular formula is C44H33NSSi. The minimum Gasteiger partial charge on any atom is -0.310 e. The highest BCUT2D eigenvalue weighted by Gasteiger charge is 2.36. The van der Waals surface area contributed by atoms with Crippen molar-refractivity contribution in [1.82, 2.24) is 0 Å². The lowest BCUT2D eigenvalue weighted by molar-refractivity contribution is 1.29. The predicted octanol–water partition coefficient (Wildman–Crippen LogP) is 10.2. The smallest absolute Gasteiger partial charge is 0.172 e. The number of benzene rings is 7. The van der Waals surface area contributed by atoms with E-state index in [9.17, 15) is 0 Å². The molecule has 0 aliphatic carbocycles. The van der Waals surface area contributed by atoms with Gasteiger partial charge in [0.05, 0.1) is 0 Å². The second kappa shape index (κ2) is 12.7. The molecule has 0 saturated carbocycles. The summed E-state index contributed by atoms with van der Waals surface area (Å²) in [7, 11) is -2.47. The van der Waals surface area contributed by atoms with E-state index < -0.39 is 8.07 Å². The number of nitrogens with zero attached hydrogens (tertiary/aromatic N) is 1. The van der Waals surface area contributed by atoms with Crippen LogP contribution in [0.4, 0.5) is 17.1 Å². The van der Waals surface area contributed by atoms with Gasteiger partial charge in [0, 0.05) is 37.2 Å². The third-order valence-electron chi connectivity index (χ3n) is 8.98.